The van der Waals surface area contributed by atoms with Crippen LogP contribution >= 0.6 is 0 Å². The average molecular weight is 792 g/mol. The van der Waals surface area contributed by atoms with Crippen LogP contribution in [0.5, 0.6) is 0 Å². The number of ether oxygens (including phenoxy) is 3. The summed E-state index contributed by atoms with van der Waals surface area (Å²) in [4.78, 5) is 53.5. The van der Waals surface area contributed by atoms with Crippen molar-refractivity contribution in [3.05, 3.63) is 35.9 Å². The molecule has 3 amide bonds. The number of unbranched alkanes of at least 4 members (excludes halogenated alkanes) is 11. The van der Waals surface area contributed by atoms with Gasteiger partial charge >= 0.3 is 12.1 Å². The maximum Gasteiger partial charge on any atom is 0.408 e. The Labute approximate surface area is 338 Å². The number of benzene rings is 1. The summed E-state index contributed by atoms with van der Waals surface area (Å²) in [5.41, 5.74) is 0.0641. The molecule has 0 heterocycles. The van der Waals surface area contributed by atoms with Gasteiger partial charge in [0.05, 0.1) is 19.3 Å². The first-order chi connectivity index (χ1) is 26.5. The van der Waals surface area contributed by atoms with Crippen LogP contribution in [0.15, 0.2) is 30.3 Å². The molecule has 1 aromatic carbocycles. The number of alkyl carbamates (subject to hydrolysis) is 1. The number of hydrogen-bond donors (Lipinski definition) is 5. The minimum absolute atomic E-state index is 0.0549. The quantitative estimate of drug-likeness (QED) is 0.0410. The van der Waals surface area contributed by atoms with Gasteiger partial charge in [-0.3, -0.25) is 9.59 Å². The highest BCUT2D eigenvalue weighted by Crippen LogP contribution is 2.24. The predicted molar refractivity (Wildman–Crippen MR) is 221 cm³/mol. The molecule has 12 nitrogen and oxygen atoms in total. The second kappa shape index (κ2) is 28.2. The van der Waals surface area contributed by atoms with E-state index in [0.29, 0.717) is 0 Å². The van der Waals surface area contributed by atoms with Crippen molar-refractivity contribution >= 4 is 23.9 Å². The number of nitrogens with one attached hydrogen (secondary N) is 3. The zero-order valence-electron chi connectivity index (χ0n) is 36.1. The Bertz CT molecular complexity index is 1240. The zero-order valence-corrected chi connectivity index (χ0v) is 36.1. The maximum atomic E-state index is 13.9. The Morgan fingerprint density at radius 2 is 1.25 bits per heavy atom. The van der Waals surface area contributed by atoms with Crippen molar-refractivity contribution in [3.8, 4) is 0 Å². The van der Waals surface area contributed by atoms with E-state index < -0.39 is 65.7 Å². The molecule has 0 aliphatic rings. The Morgan fingerprint density at radius 1 is 0.714 bits per heavy atom. The molecule has 0 aliphatic carbocycles. The van der Waals surface area contributed by atoms with Crippen LogP contribution in [0.4, 0.5) is 4.79 Å². The van der Waals surface area contributed by atoms with Crippen molar-refractivity contribution in [1.29, 1.82) is 0 Å². The first-order valence-corrected chi connectivity index (χ1v) is 21.2. The first kappa shape index (κ1) is 50.8. The van der Waals surface area contributed by atoms with Crippen LogP contribution in [0.2, 0.25) is 0 Å². The van der Waals surface area contributed by atoms with Gasteiger partial charge in [-0.2, -0.15) is 0 Å². The van der Waals surface area contributed by atoms with Gasteiger partial charge in [0.2, 0.25) is 11.8 Å². The molecule has 0 unspecified atom stereocenters. The summed E-state index contributed by atoms with van der Waals surface area (Å²) >= 11 is 0. The van der Waals surface area contributed by atoms with Crippen molar-refractivity contribution in [3.63, 3.8) is 0 Å². The van der Waals surface area contributed by atoms with Crippen molar-refractivity contribution < 1.29 is 43.6 Å². The van der Waals surface area contributed by atoms with Crippen LogP contribution in [0.1, 0.15) is 151 Å². The molecule has 1 rings (SSSR count). The Kier molecular flexibility index (Phi) is 25.6. The number of esters is 1. The lowest BCUT2D eigenvalue weighted by atomic mass is 9.89. The van der Waals surface area contributed by atoms with Crippen molar-refractivity contribution in [2.75, 3.05) is 13.2 Å². The molecule has 56 heavy (non-hydrogen) atoms. The van der Waals surface area contributed by atoms with E-state index in [-0.39, 0.29) is 31.7 Å². The maximum absolute atomic E-state index is 13.9. The number of rotatable bonds is 29. The SMILES string of the molecule is CCCCCCCCCCCCCC[C@H](C)[C@@H](OC(=O)[C@H](COCc1ccccc1)NC(=O)[C@@H](NC(=O)[C@@H](NC(=O)OC(C)(C)C)C(C)C)[C@@H](C)O)[C@@H](C)CO. The molecule has 0 spiro atoms. The molecule has 0 radical (unpaired) electrons. The summed E-state index contributed by atoms with van der Waals surface area (Å²) in [6.07, 6.45) is 12.9. The first-order valence-electron chi connectivity index (χ1n) is 21.2. The third-order valence-electron chi connectivity index (χ3n) is 9.86. The molecule has 0 bridgehead atoms. The van der Waals surface area contributed by atoms with E-state index >= 15 is 0 Å². The third kappa shape index (κ3) is 21.9. The van der Waals surface area contributed by atoms with Crippen LogP contribution in [0.25, 0.3) is 0 Å². The smallest absolute Gasteiger partial charge is 0.408 e. The van der Waals surface area contributed by atoms with E-state index in [1.807, 2.05) is 44.2 Å². The standard InChI is InChI=1S/C44H77N3O9/c1-10-11-12-13-14-15-16-17-18-19-20-22-25-32(4)39(33(5)28-48)55-42(52)36(30-54-29-35-26-23-21-24-27-35)45-41(51)38(34(6)49)46-40(50)37(31(2)3)47-43(53)56-44(7,8)9/h21,23-24,26-27,31-34,36-39,48-49H,10-20,22,25,28-30H2,1-9H3,(H,45,51)(H,46,50)(H,47,53)/t32-,33-,34+,36-,37-,38-,39+/m0/s1. The molecule has 5 N–H and O–H groups in total. The van der Waals surface area contributed by atoms with Gasteiger partial charge < -0.3 is 40.4 Å². The van der Waals surface area contributed by atoms with E-state index in [0.717, 1.165) is 31.2 Å². The van der Waals surface area contributed by atoms with E-state index in [1.54, 1.807) is 34.6 Å². The van der Waals surface area contributed by atoms with Crippen molar-refractivity contribution in [1.82, 2.24) is 16.0 Å². The molecule has 1 aromatic rings. The van der Waals surface area contributed by atoms with Crippen LogP contribution in [0, 0.1) is 17.8 Å². The largest absolute Gasteiger partial charge is 0.460 e. The highest BCUT2D eigenvalue weighted by atomic mass is 16.6. The highest BCUT2D eigenvalue weighted by Gasteiger charge is 2.36. The van der Waals surface area contributed by atoms with Crippen molar-refractivity contribution in [2.45, 2.75) is 188 Å². The highest BCUT2D eigenvalue weighted by molar-refractivity contribution is 5.93. The van der Waals surface area contributed by atoms with Gasteiger partial charge in [0.25, 0.3) is 0 Å². The summed E-state index contributed by atoms with van der Waals surface area (Å²) in [6.45, 7) is 15.7. The van der Waals surface area contributed by atoms with E-state index in [1.165, 1.54) is 64.7 Å². The summed E-state index contributed by atoms with van der Waals surface area (Å²) in [7, 11) is 0. The molecule has 7 atom stereocenters. The normalized spacial score (nSPS) is 15.5. The number of aliphatic hydroxyl groups is 2. The van der Waals surface area contributed by atoms with Gasteiger partial charge in [0.1, 0.15) is 23.8 Å². The lowest BCUT2D eigenvalue weighted by Crippen LogP contribution is -2.60. The fraction of sp³-hybridized carbons (Fsp3) is 0.773. The zero-order chi connectivity index (χ0) is 42.1. The minimum Gasteiger partial charge on any atom is -0.460 e. The number of hydrogen-bond acceptors (Lipinski definition) is 9. The molecule has 0 saturated carbocycles. The number of carbonyl (C=O) groups is 4. The van der Waals surface area contributed by atoms with E-state index in [2.05, 4.69) is 22.9 Å². The molecule has 0 aromatic heterocycles. The molecule has 0 fully saturated rings. The molecule has 0 saturated heterocycles. The summed E-state index contributed by atoms with van der Waals surface area (Å²) in [6, 6.07) is 5.49. The molecule has 0 aliphatic heterocycles. The number of carbonyl (C=O) groups excluding carboxylic acids is 4. The van der Waals surface area contributed by atoms with Gasteiger partial charge in [-0.25, -0.2) is 9.59 Å². The predicted octanol–water partition coefficient (Wildman–Crippen LogP) is 7.37. The fourth-order valence-corrected chi connectivity index (χ4v) is 6.50. The molecular formula is C44H77N3O9. The van der Waals surface area contributed by atoms with Crippen LogP contribution in [-0.2, 0) is 35.2 Å². The fourth-order valence-electron chi connectivity index (χ4n) is 6.50. The molecule has 322 valence electrons. The molecule has 12 heteroatoms. The monoisotopic (exact) mass is 792 g/mol. The van der Waals surface area contributed by atoms with Gasteiger partial charge in [-0.15, -0.1) is 0 Å². The second-order valence-corrected chi connectivity index (χ2v) is 16.9. The number of aliphatic hydroxyl groups excluding tert-OH is 2. The van der Waals surface area contributed by atoms with Crippen molar-refractivity contribution in [2.24, 2.45) is 17.8 Å². The van der Waals surface area contributed by atoms with Gasteiger partial charge in [0, 0.05) is 12.5 Å². The Morgan fingerprint density at radius 3 is 1.75 bits per heavy atom. The third-order valence-corrected chi connectivity index (χ3v) is 9.86. The van der Waals surface area contributed by atoms with Gasteiger partial charge in [-0.1, -0.05) is 142 Å². The lowest BCUT2D eigenvalue weighted by Gasteiger charge is -2.31. The number of amides is 3. The Balaban J connectivity index is 2.99. The Hall–Kier alpha value is -3.22. The average Bonchev–Trinajstić information content (AvgIpc) is 3.13. The minimum atomic E-state index is -1.48. The van der Waals surface area contributed by atoms with Gasteiger partial charge in [-0.05, 0) is 51.5 Å². The van der Waals surface area contributed by atoms with E-state index in [4.69, 9.17) is 14.2 Å². The van der Waals surface area contributed by atoms with Gasteiger partial charge in [0.15, 0.2) is 6.04 Å². The molecular weight excluding hydrogens is 714 g/mol. The summed E-state index contributed by atoms with van der Waals surface area (Å²) in [5, 5.41) is 28.5. The van der Waals surface area contributed by atoms with Crippen LogP contribution < -0.4 is 16.0 Å². The van der Waals surface area contributed by atoms with Crippen LogP contribution in [-0.4, -0.2) is 83.2 Å². The van der Waals surface area contributed by atoms with Crippen LogP contribution in [0.3, 0.4) is 0 Å². The summed E-state index contributed by atoms with van der Waals surface area (Å²) < 4.78 is 17.2. The summed E-state index contributed by atoms with van der Waals surface area (Å²) in [5.74, 6) is -3.11. The topological polar surface area (TPSA) is 173 Å². The van der Waals surface area contributed by atoms with E-state index in [9.17, 15) is 29.4 Å². The second-order valence-electron chi connectivity index (χ2n) is 16.9. The lowest BCUT2D eigenvalue weighted by molar-refractivity contribution is -0.161.